The molecule has 16 heavy (non-hydrogen) atoms. The molecule has 0 aromatic carbocycles. The van der Waals surface area contributed by atoms with Crippen LogP contribution in [0.4, 0.5) is 0 Å². The molecule has 2 rings (SSSR count). The molecular formula is C10H20B2N3Si. The summed E-state index contributed by atoms with van der Waals surface area (Å²) in [4.78, 5) is 0. The van der Waals surface area contributed by atoms with Gasteiger partial charge in [0.1, 0.15) is 0 Å². The Morgan fingerprint density at radius 3 is 2.69 bits per heavy atom. The Morgan fingerprint density at radius 1 is 1.44 bits per heavy atom. The van der Waals surface area contributed by atoms with E-state index in [1.54, 1.807) is 0 Å². The Bertz CT molecular complexity index is 371. The lowest BCUT2D eigenvalue weighted by molar-refractivity contribution is 0.752. The molecule has 0 aliphatic carbocycles. The third kappa shape index (κ3) is 1.89. The third-order valence-electron chi connectivity index (χ3n) is 4.28. The van der Waals surface area contributed by atoms with Crippen molar-refractivity contribution in [2.45, 2.75) is 38.4 Å². The van der Waals surface area contributed by atoms with Crippen LogP contribution in [0.5, 0.6) is 0 Å². The minimum atomic E-state index is 0.454. The predicted molar refractivity (Wildman–Crippen MR) is 73.6 cm³/mol. The minimum Gasteiger partial charge on any atom is -0.387 e. The van der Waals surface area contributed by atoms with Crippen LogP contribution >= 0.6 is 0 Å². The third-order valence-corrected chi connectivity index (χ3v) is 6.75. The van der Waals surface area contributed by atoms with Crippen molar-refractivity contribution in [3.8, 4) is 0 Å². The van der Waals surface area contributed by atoms with Crippen LogP contribution in [-0.2, 0) is 0 Å². The highest BCUT2D eigenvalue weighted by atomic mass is 28.2. The SMILES string of the molecule is CB1C(C)[SiH]C(c2[nH]ncc2C)B(C)N1C. The molecule has 3 nitrogen and oxygen atoms in total. The number of aryl methyl sites for hydroxylation is 1. The second-order valence-electron chi connectivity index (χ2n) is 5.19. The van der Waals surface area contributed by atoms with Crippen LogP contribution in [0.1, 0.15) is 23.6 Å². The van der Waals surface area contributed by atoms with Crippen molar-refractivity contribution in [2.75, 3.05) is 7.05 Å². The zero-order valence-electron chi connectivity index (χ0n) is 10.9. The summed E-state index contributed by atoms with van der Waals surface area (Å²) in [5.41, 5.74) is 4.19. The maximum Gasteiger partial charge on any atom is 0.214 e. The van der Waals surface area contributed by atoms with Crippen LogP contribution in [0, 0.1) is 6.92 Å². The van der Waals surface area contributed by atoms with Crippen LogP contribution in [0.2, 0.25) is 19.1 Å². The van der Waals surface area contributed by atoms with Gasteiger partial charge < -0.3 is 4.72 Å². The van der Waals surface area contributed by atoms with E-state index in [4.69, 9.17) is 0 Å². The number of nitrogens with one attached hydrogen (secondary N) is 1. The quantitative estimate of drug-likeness (QED) is 0.739. The Kier molecular flexibility index (Phi) is 3.31. The molecule has 6 heteroatoms. The van der Waals surface area contributed by atoms with Crippen molar-refractivity contribution in [1.29, 1.82) is 0 Å². The molecule has 0 saturated carbocycles. The first-order valence-corrected chi connectivity index (χ1v) is 7.42. The first-order valence-electron chi connectivity index (χ1n) is 6.09. The van der Waals surface area contributed by atoms with E-state index in [0.29, 0.717) is 28.7 Å². The number of hydrogen-bond donors (Lipinski definition) is 1. The van der Waals surface area contributed by atoms with Crippen LogP contribution in [0.3, 0.4) is 0 Å². The number of H-pyrrole nitrogens is 1. The topological polar surface area (TPSA) is 31.9 Å². The summed E-state index contributed by atoms with van der Waals surface area (Å²) in [6.45, 7) is 10.6. The van der Waals surface area contributed by atoms with Crippen LogP contribution in [0.15, 0.2) is 6.20 Å². The van der Waals surface area contributed by atoms with Gasteiger partial charge in [-0.1, -0.05) is 26.0 Å². The summed E-state index contributed by atoms with van der Waals surface area (Å²) in [6, 6.07) is 0. The lowest BCUT2D eigenvalue weighted by Crippen LogP contribution is -2.56. The van der Waals surface area contributed by atoms with Gasteiger partial charge in [0, 0.05) is 15.2 Å². The molecule has 2 heterocycles. The Morgan fingerprint density at radius 2 is 2.12 bits per heavy atom. The zero-order chi connectivity index (χ0) is 11.9. The van der Waals surface area contributed by atoms with E-state index in [2.05, 4.69) is 49.5 Å². The van der Waals surface area contributed by atoms with Crippen LogP contribution < -0.4 is 0 Å². The summed E-state index contributed by atoms with van der Waals surface area (Å²) >= 11 is 0. The molecule has 1 radical (unpaired) electrons. The van der Waals surface area contributed by atoms with E-state index < -0.39 is 0 Å². The molecule has 1 N–H and O–H groups in total. The van der Waals surface area contributed by atoms with Crippen molar-refractivity contribution in [1.82, 2.24) is 14.9 Å². The monoisotopic (exact) mass is 232 g/mol. The first kappa shape index (κ1) is 12.0. The average molecular weight is 232 g/mol. The fourth-order valence-electron chi connectivity index (χ4n) is 2.67. The lowest BCUT2D eigenvalue weighted by atomic mass is 9.45. The average Bonchev–Trinajstić information content (AvgIpc) is 2.67. The fourth-order valence-corrected chi connectivity index (χ4v) is 5.05. The van der Waals surface area contributed by atoms with E-state index in [9.17, 15) is 0 Å². The van der Waals surface area contributed by atoms with Gasteiger partial charge in [-0.15, -0.1) is 0 Å². The molecule has 1 aromatic rings. The zero-order valence-corrected chi connectivity index (χ0v) is 12.0. The maximum absolute atomic E-state index is 4.17. The largest absolute Gasteiger partial charge is 0.387 e. The standard InChI is InChI=1S/C10H20B2N3Si/c1-7-6-13-14-9(7)10-12(4)15(5)11(3)8(2)16-10/h6,8,10,16H,1-5H3,(H,13,14). The van der Waals surface area contributed by atoms with E-state index in [1.165, 1.54) is 11.3 Å². The number of aromatic nitrogens is 2. The van der Waals surface area contributed by atoms with E-state index in [1.807, 2.05) is 6.20 Å². The van der Waals surface area contributed by atoms with Gasteiger partial charge in [0.15, 0.2) is 0 Å². The minimum absolute atomic E-state index is 0.454. The molecule has 1 fully saturated rings. The summed E-state index contributed by atoms with van der Waals surface area (Å²) in [7, 11) is 2.71. The summed E-state index contributed by atoms with van der Waals surface area (Å²) in [6.07, 6.45) is 1.95. The highest BCUT2D eigenvalue weighted by Gasteiger charge is 2.40. The van der Waals surface area contributed by atoms with Crippen LogP contribution in [-0.4, -0.2) is 45.2 Å². The van der Waals surface area contributed by atoms with Gasteiger partial charge in [-0.25, -0.2) is 0 Å². The lowest BCUT2D eigenvalue weighted by Gasteiger charge is -2.41. The highest BCUT2D eigenvalue weighted by molar-refractivity contribution is 6.88. The number of nitrogens with zero attached hydrogens (tertiary/aromatic N) is 2. The molecular weight excluding hydrogens is 212 g/mol. The summed E-state index contributed by atoms with van der Waals surface area (Å²) in [5, 5.41) is 7.38. The number of hydrogen-bond acceptors (Lipinski definition) is 2. The van der Waals surface area contributed by atoms with Crippen molar-refractivity contribution in [3.63, 3.8) is 0 Å². The molecule has 1 aromatic heterocycles. The van der Waals surface area contributed by atoms with Crippen LogP contribution in [0.25, 0.3) is 0 Å². The van der Waals surface area contributed by atoms with Gasteiger partial charge in [0.05, 0.1) is 6.20 Å². The summed E-state index contributed by atoms with van der Waals surface area (Å²) in [5.74, 6) is 0. The van der Waals surface area contributed by atoms with Gasteiger partial charge in [0.2, 0.25) is 13.7 Å². The van der Waals surface area contributed by atoms with Crippen molar-refractivity contribution < 1.29 is 0 Å². The molecule has 0 amide bonds. The smallest absolute Gasteiger partial charge is 0.214 e. The number of rotatable bonds is 1. The molecule has 0 spiro atoms. The molecule has 0 bridgehead atoms. The normalized spacial score (nSPS) is 27.6. The second kappa shape index (κ2) is 4.41. The molecule has 2 atom stereocenters. The van der Waals surface area contributed by atoms with Gasteiger partial charge >= 0.3 is 0 Å². The van der Waals surface area contributed by atoms with E-state index in [0.717, 1.165) is 5.44 Å². The maximum atomic E-state index is 4.17. The van der Waals surface area contributed by atoms with Gasteiger partial charge in [-0.3, -0.25) is 5.10 Å². The Balaban J connectivity index is 2.26. The fraction of sp³-hybridized carbons (Fsp3) is 0.700. The second-order valence-corrected chi connectivity index (χ2v) is 7.35. The van der Waals surface area contributed by atoms with E-state index >= 15 is 0 Å². The predicted octanol–water partition coefficient (Wildman–Crippen LogP) is 1.27. The van der Waals surface area contributed by atoms with E-state index in [-0.39, 0.29) is 0 Å². The summed E-state index contributed by atoms with van der Waals surface area (Å²) < 4.78 is 2.52. The molecule has 85 valence electrons. The molecule has 1 aliphatic rings. The van der Waals surface area contributed by atoms with Gasteiger partial charge in [0.25, 0.3) is 0 Å². The van der Waals surface area contributed by atoms with Crippen molar-refractivity contribution >= 4 is 23.2 Å². The van der Waals surface area contributed by atoms with Crippen molar-refractivity contribution in [2.24, 2.45) is 0 Å². The molecule has 2 unspecified atom stereocenters. The molecule has 1 aliphatic heterocycles. The first-order chi connectivity index (χ1) is 7.52. The molecule has 1 saturated heterocycles. The number of aromatic amines is 1. The Hall–Kier alpha value is -0.483. The Labute approximate surface area is 101 Å². The highest BCUT2D eigenvalue weighted by Crippen LogP contribution is 2.31. The van der Waals surface area contributed by atoms with Gasteiger partial charge in [-0.2, -0.15) is 5.10 Å². The van der Waals surface area contributed by atoms with Gasteiger partial charge in [-0.05, 0) is 25.0 Å². The van der Waals surface area contributed by atoms with Crippen molar-refractivity contribution in [3.05, 3.63) is 17.5 Å².